The second kappa shape index (κ2) is 9.08. The molecule has 1 aliphatic rings. The number of carbonyl (C=O) groups excluding carboxylic acids is 2. The molecule has 33 heavy (non-hydrogen) atoms. The maximum atomic E-state index is 13.5. The minimum atomic E-state index is -0.491. The summed E-state index contributed by atoms with van der Waals surface area (Å²) in [7, 11) is 0. The number of aryl methyl sites for hydroxylation is 3. The quantitative estimate of drug-likeness (QED) is 0.278. The third kappa shape index (κ3) is 4.18. The van der Waals surface area contributed by atoms with Crippen LogP contribution in [-0.4, -0.2) is 21.5 Å². The molecule has 2 amide bonds. The number of carbonyl (C=O) groups is 2. The van der Waals surface area contributed by atoms with Gasteiger partial charge in [0.1, 0.15) is 5.57 Å². The zero-order valence-corrected chi connectivity index (χ0v) is 21.3. The maximum absolute atomic E-state index is 13.5. The van der Waals surface area contributed by atoms with Gasteiger partial charge in [0.25, 0.3) is 11.8 Å². The summed E-state index contributed by atoms with van der Waals surface area (Å²) in [5.74, 6) is -0.928. The Kier molecular flexibility index (Phi) is 6.36. The van der Waals surface area contributed by atoms with E-state index in [2.05, 4.69) is 44.9 Å². The van der Waals surface area contributed by atoms with Crippen LogP contribution in [0.15, 0.2) is 58.6 Å². The first kappa shape index (κ1) is 23.1. The first-order chi connectivity index (χ1) is 15.7. The fourth-order valence-corrected chi connectivity index (χ4v) is 4.98. The van der Waals surface area contributed by atoms with E-state index in [0.29, 0.717) is 5.69 Å². The number of benzene rings is 2. The zero-order valence-electron chi connectivity index (χ0n) is 18.9. The van der Waals surface area contributed by atoms with Crippen molar-refractivity contribution < 1.29 is 9.59 Å². The van der Waals surface area contributed by atoms with E-state index < -0.39 is 11.8 Å². The molecule has 7 heteroatoms. The van der Waals surface area contributed by atoms with E-state index in [9.17, 15) is 9.59 Å². The molecule has 1 saturated heterocycles. The number of hydrogen-bond donors (Lipinski definition) is 1. The normalized spacial score (nSPS) is 15.4. The third-order valence-electron chi connectivity index (χ3n) is 5.88. The Hall–Kier alpha value is -3.03. The number of halogens is 1. The Balaban J connectivity index is 1.79. The van der Waals surface area contributed by atoms with Gasteiger partial charge in [-0.2, -0.15) is 0 Å². The van der Waals surface area contributed by atoms with Gasteiger partial charge < -0.3 is 4.57 Å². The zero-order chi connectivity index (χ0) is 23.9. The van der Waals surface area contributed by atoms with Gasteiger partial charge in [-0.05, 0) is 92.5 Å². The average Bonchev–Trinajstić information content (AvgIpc) is 3.05. The van der Waals surface area contributed by atoms with Gasteiger partial charge in [-0.1, -0.05) is 41.1 Å². The van der Waals surface area contributed by atoms with Gasteiger partial charge in [0.15, 0.2) is 5.11 Å². The van der Waals surface area contributed by atoms with Gasteiger partial charge in [-0.25, -0.2) is 0 Å². The molecular weight excluding hydrogens is 498 g/mol. The van der Waals surface area contributed by atoms with Gasteiger partial charge in [0.05, 0.1) is 5.69 Å². The van der Waals surface area contributed by atoms with Crippen LogP contribution >= 0.6 is 28.1 Å². The Labute approximate surface area is 207 Å². The molecular formula is C26H24BrN3O2S. The molecule has 0 spiro atoms. The molecule has 4 rings (SSSR count). The molecule has 5 nitrogen and oxygen atoms in total. The van der Waals surface area contributed by atoms with Crippen molar-refractivity contribution in [1.82, 2.24) is 9.88 Å². The fourth-order valence-electron chi connectivity index (χ4n) is 4.23. The highest BCUT2D eigenvalue weighted by Crippen LogP contribution is 2.29. The number of hydrogen-bond acceptors (Lipinski definition) is 3. The van der Waals surface area contributed by atoms with E-state index in [-0.39, 0.29) is 10.7 Å². The molecule has 0 saturated carbocycles. The SMILES string of the molecule is CCc1ccccc1-n1c(C)cc(/C=C2\C(=O)NC(=S)N(c3ccc(Br)cc3C)C2=O)c1C. The summed E-state index contributed by atoms with van der Waals surface area (Å²) in [4.78, 5) is 27.6. The van der Waals surface area contributed by atoms with Crippen LogP contribution in [0.25, 0.3) is 11.8 Å². The van der Waals surface area contributed by atoms with E-state index >= 15 is 0 Å². The predicted octanol–water partition coefficient (Wildman–Crippen LogP) is 5.56. The minimum absolute atomic E-state index is 0.0509. The van der Waals surface area contributed by atoms with Crippen LogP contribution in [0.1, 0.15) is 35.0 Å². The molecule has 0 bridgehead atoms. The Morgan fingerprint density at radius 3 is 2.45 bits per heavy atom. The summed E-state index contributed by atoms with van der Waals surface area (Å²) in [6, 6.07) is 15.8. The molecule has 168 valence electrons. The highest BCUT2D eigenvalue weighted by molar-refractivity contribution is 9.10. The van der Waals surface area contributed by atoms with E-state index in [0.717, 1.165) is 39.1 Å². The monoisotopic (exact) mass is 521 g/mol. The second-order valence-corrected chi connectivity index (χ2v) is 9.34. The van der Waals surface area contributed by atoms with Crippen LogP contribution in [-0.2, 0) is 16.0 Å². The topological polar surface area (TPSA) is 54.3 Å². The number of nitrogens with zero attached hydrogens (tertiary/aromatic N) is 2. The minimum Gasteiger partial charge on any atom is -0.318 e. The van der Waals surface area contributed by atoms with Crippen molar-refractivity contribution in [1.29, 1.82) is 0 Å². The van der Waals surface area contributed by atoms with Gasteiger partial charge in [0.2, 0.25) is 0 Å². The standard InChI is InChI=1S/C26H24BrN3O2S/c1-5-18-8-6-7-9-23(18)29-16(3)13-19(17(29)4)14-21-24(31)28-26(33)30(25(21)32)22-11-10-20(27)12-15(22)2/h6-14H,5H2,1-4H3,(H,28,31,33)/b21-14+. The lowest BCUT2D eigenvalue weighted by Crippen LogP contribution is -2.54. The Morgan fingerprint density at radius 2 is 1.76 bits per heavy atom. The van der Waals surface area contributed by atoms with Crippen LogP contribution in [0.5, 0.6) is 0 Å². The summed E-state index contributed by atoms with van der Waals surface area (Å²) in [5, 5.41) is 2.75. The van der Waals surface area contributed by atoms with E-state index in [1.807, 2.05) is 57.2 Å². The van der Waals surface area contributed by atoms with Gasteiger partial charge in [-0.3, -0.25) is 19.8 Å². The van der Waals surface area contributed by atoms with Crippen LogP contribution in [0.2, 0.25) is 0 Å². The summed E-state index contributed by atoms with van der Waals surface area (Å²) in [5.41, 5.74) is 6.69. The molecule has 2 heterocycles. The van der Waals surface area contributed by atoms with Crippen molar-refractivity contribution in [2.45, 2.75) is 34.1 Å². The third-order valence-corrected chi connectivity index (χ3v) is 6.66. The molecule has 1 fully saturated rings. The van der Waals surface area contributed by atoms with Crippen LogP contribution in [0.4, 0.5) is 5.69 Å². The average molecular weight is 522 g/mol. The highest BCUT2D eigenvalue weighted by Gasteiger charge is 2.35. The highest BCUT2D eigenvalue weighted by atomic mass is 79.9. The molecule has 1 aromatic heterocycles. The molecule has 0 aliphatic carbocycles. The lowest BCUT2D eigenvalue weighted by atomic mass is 10.1. The van der Waals surface area contributed by atoms with E-state index in [1.165, 1.54) is 10.5 Å². The molecule has 1 N–H and O–H groups in total. The first-order valence-electron chi connectivity index (χ1n) is 10.7. The Bertz CT molecular complexity index is 1340. The summed E-state index contributed by atoms with van der Waals surface area (Å²) in [6.07, 6.45) is 2.57. The van der Waals surface area contributed by atoms with Crippen molar-refractivity contribution in [2.75, 3.05) is 4.90 Å². The van der Waals surface area contributed by atoms with Crippen LogP contribution in [0, 0.1) is 20.8 Å². The Morgan fingerprint density at radius 1 is 1.03 bits per heavy atom. The number of aromatic nitrogens is 1. The van der Waals surface area contributed by atoms with Gasteiger partial charge in [-0.15, -0.1) is 0 Å². The summed E-state index contributed by atoms with van der Waals surface area (Å²) >= 11 is 8.79. The predicted molar refractivity (Wildman–Crippen MR) is 140 cm³/mol. The van der Waals surface area contributed by atoms with E-state index in [1.54, 1.807) is 6.08 Å². The van der Waals surface area contributed by atoms with Crippen LogP contribution < -0.4 is 10.2 Å². The molecule has 3 aromatic rings. The number of rotatable bonds is 4. The van der Waals surface area contributed by atoms with E-state index in [4.69, 9.17) is 12.2 Å². The lowest BCUT2D eigenvalue weighted by molar-refractivity contribution is -0.122. The maximum Gasteiger partial charge on any atom is 0.270 e. The number of anilines is 1. The number of thiocarbonyl (C=S) groups is 1. The summed E-state index contributed by atoms with van der Waals surface area (Å²) < 4.78 is 3.07. The molecule has 1 aliphatic heterocycles. The summed E-state index contributed by atoms with van der Waals surface area (Å²) in [6.45, 7) is 8.05. The second-order valence-electron chi connectivity index (χ2n) is 8.03. The number of nitrogens with one attached hydrogen (secondary N) is 1. The first-order valence-corrected chi connectivity index (χ1v) is 11.9. The van der Waals surface area contributed by atoms with Gasteiger partial charge in [0, 0.05) is 21.5 Å². The van der Waals surface area contributed by atoms with Crippen LogP contribution in [0.3, 0.4) is 0 Å². The molecule has 0 radical (unpaired) electrons. The number of para-hydroxylation sites is 1. The van der Waals surface area contributed by atoms with Crippen molar-refractivity contribution in [3.05, 3.63) is 86.7 Å². The molecule has 0 atom stereocenters. The van der Waals surface area contributed by atoms with Crippen molar-refractivity contribution >= 4 is 56.8 Å². The van der Waals surface area contributed by atoms with Crippen molar-refractivity contribution in [3.8, 4) is 5.69 Å². The molecule has 2 aromatic carbocycles. The number of amides is 2. The van der Waals surface area contributed by atoms with Crippen molar-refractivity contribution in [2.24, 2.45) is 0 Å². The van der Waals surface area contributed by atoms with Crippen molar-refractivity contribution in [3.63, 3.8) is 0 Å². The smallest absolute Gasteiger partial charge is 0.270 e. The van der Waals surface area contributed by atoms with Gasteiger partial charge >= 0.3 is 0 Å². The lowest BCUT2D eigenvalue weighted by Gasteiger charge is -2.30. The fraction of sp³-hybridized carbons (Fsp3) is 0.192. The molecule has 0 unspecified atom stereocenters. The largest absolute Gasteiger partial charge is 0.318 e.